The lowest BCUT2D eigenvalue weighted by molar-refractivity contribution is 0.0525. The van der Waals surface area contributed by atoms with Gasteiger partial charge in [-0.3, -0.25) is 0 Å². The minimum Gasteiger partial charge on any atom is -0.493 e. The fourth-order valence-electron chi connectivity index (χ4n) is 2.20. The smallest absolute Gasteiger partial charge is 0.338 e. The molecule has 0 N–H and O–H groups in total. The van der Waals surface area contributed by atoms with Gasteiger partial charge in [0.25, 0.3) is 0 Å². The molecule has 0 aliphatic rings. The molecule has 0 atom stereocenters. The number of benzene rings is 1. The highest BCUT2D eigenvalue weighted by molar-refractivity contribution is 9.09. The molecule has 1 aromatic carbocycles. The van der Waals surface area contributed by atoms with Gasteiger partial charge in [0.1, 0.15) is 11.5 Å². The first kappa shape index (κ1) is 22.3. The van der Waals surface area contributed by atoms with Gasteiger partial charge in [-0.15, -0.1) is 0 Å². The van der Waals surface area contributed by atoms with E-state index in [9.17, 15) is 4.79 Å². The zero-order chi connectivity index (χ0) is 18.3. The summed E-state index contributed by atoms with van der Waals surface area (Å²) in [6.07, 6.45) is 6.46. The van der Waals surface area contributed by atoms with Crippen molar-refractivity contribution in [2.45, 2.75) is 45.4 Å². The number of halogens is 2. The SMILES string of the molecule is CCOC(=O)c1cc(OCCCCCBr)cc(OCCCCCBr)c1. The number of carbonyl (C=O) groups is 1. The lowest BCUT2D eigenvalue weighted by Gasteiger charge is -2.12. The molecule has 0 amide bonds. The van der Waals surface area contributed by atoms with E-state index in [1.807, 2.05) is 6.07 Å². The molecule has 0 aliphatic heterocycles. The molecule has 0 aromatic heterocycles. The van der Waals surface area contributed by atoms with Gasteiger partial charge in [-0.1, -0.05) is 31.9 Å². The van der Waals surface area contributed by atoms with Crippen molar-refractivity contribution in [3.05, 3.63) is 23.8 Å². The van der Waals surface area contributed by atoms with Crippen molar-refractivity contribution < 1.29 is 19.0 Å². The number of alkyl halides is 2. The van der Waals surface area contributed by atoms with Crippen molar-refractivity contribution in [3.63, 3.8) is 0 Å². The Bertz CT molecular complexity index is 462. The number of hydrogen-bond donors (Lipinski definition) is 0. The number of carbonyl (C=O) groups excluding carboxylic acids is 1. The predicted octanol–water partition coefficient (Wildman–Crippen LogP) is 5.75. The fraction of sp³-hybridized carbons (Fsp3) is 0.632. The van der Waals surface area contributed by atoms with Crippen LogP contribution in [-0.4, -0.2) is 36.5 Å². The summed E-state index contributed by atoms with van der Waals surface area (Å²) in [5.41, 5.74) is 0.468. The van der Waals surface area contributed by atoms with Crippen LogP contribution in [0.1, 0.15) is 55.8 Å². The van der Waals surface area contributed by atoms with E-state index in [0.29, 0.717) is 36.9 Å². The summed E-state index contributed by atoms with van der Waals surface area (Å²) in [5, 5.41) is 2.02. The van der Waals surface area contributed by atoms with E-state index >= 15 is 0 Å². The van der Waals surface area contributed by atoms with Gasteiger partial charge < -0.3 is 14.2 Å². The summed E-state index contributed by atoms with van der Waals surface area (Å²) in [6.45, 7) is 3.40. The van der Waals surface area contributed by atoms with Gasteiger partial charge in [0.05, 0.1) is 25.4 Å². The van der Waals surface area contributed by atoms with Gasteiger partial charge in [0, 0.05) is 16.7 Å². The molecule has 0 saturated heterocycles. The zero-order valence-electron chi connectivity index (χ0n) is 14.9. The molecule has 0 fully saturated rings. The Kier molecular flexibility index (Phi) is 12.9. The third-order valence-corrected chi connectivity index (χ3v) is 4.61. The van der Waals surface area contributed by atoms with E-state index in [1.54, 1.807) is 19.1 Å². The van der Waals surface area contributed by atoms with Crippen LogP contribution in [0.2, 0.25) is 0 Å². The minimum atomic E-state index is -0.351. The molecule has 0 spiro atoms. The quantitative estimate of drug-likeness (QED) is 0.193. The molecule has 25 heavy (non-hydrogen) atoms. The summed E-state index contributed by atoms with van der Waals surface area (Å²) in [4.78, 5) is 12.0. The standard InChI is InChI=1S/C19H28Br2O4/c1-2-23-19(22)16-13-17(24-11-7-3-5-9-20)15-18(14-16)25-12-8-4-6-10-21/h13-15H,2-12H2,1H3. The summed E-state index contributed by atoms with van der Waals surface area (Å²) >= 11 is 6.85. The first-order valence-corrected chi connectivity index (χ1v) is 11.1. The summed E-state index contributed by atoms with van der Waals surface area (Å²) < 4.78 is 16.7. The van der Waals surface area contributed by atoms with Crippen LogP contribution in [0.5, 0.6) is 11.5 Å². The van der Waals surface area contributed by atoms with Crippen LogP contribution in [0.3, 0.4) is 0 Å². The molecular formula is C19H28Br2O4. The lowest BCUT2D eigenvalue weighted by Crippen LogP contribution is -2.07. The number of rotatable bonds is 14. The third kappa shape index (κ3) is 10.1. The van der Waals surface area contributed by atoms with Crippen molar-refractivity contribution in [1.29, 1.82) is 0 Å². The molecule has 142 valence electrons. The van der Waals surface area contributed by atoms with E-state index in [1.165, 1.54) is 0 Å². The maximum Gasteiger partial charge on any atom is 0.338 e. The van der Waals surface area contributed by atoms with Gasteiger partial charge in [-0.2, -0.15) is 0 Å². The van der Waals surface area contributed by atoms with Crippen LogP contribution in [0.25, 0.3) is 0 Å². The normalized spacial score (nSPS) is 10.5. The first-order valence-electron chi connectivity index (χ1n) is 8.91. The second-order valence-corrected chi connectivity index (χ2v) is 7.20. The highest BCUT2D eigenvalue weighted by atomic mass is 79.9. The topological polar surface area (TPSA) is 44.8 Å². The zero-order valence-corrected chi connectivity index (χ0v) is 18.1. The van der Waals surface area contributed by atoms with Crippen LogP contribution in [0, 0.1) is 0 Å². The average Bonchev–Trinajstić information content (AvgIpc) is 2.61. The van der Waals surface area contributed by atoms with Crippen molar-refractivity contribution in [3.8, 4) is 11.5 Å². The van der Waals surface area contributed by atoms with Gasteiger partial charge >= 0.3 is 5.97 Å². The molecule has 4 nitrogen and oxygen atoms in total. The summed E-state index contributed by atoms with van der Waals surface area (Å²) in [7, 11) is 0. The Hall–Kier alpha value is -0.750. The molecule has 6 heteroatoms. The van der Waals surface area contributed by atoms with E-state index in [4.69, 9.17) is 14.2 Å². The second-order valence-electron chi connectivity index (χ2n) is 5.61. The lowest BCUT2D eigenvalue weighted by atomic mass is 10.2. The number of esters is 1. The Morgan fingerprint density at radius 3 is 1.80 bits per heavy atom. The molecule has 1 aromatic rings. The molecule has 0 heterocycles. The molecule has 0 bridgehead atoms. The number of unbranched alkanes of at least 4 members (excludes halogenated alkanes) is 4. The number of hydrogen-bond acceptors (Lipinski definition) is 4. The average molecular weight is 480 g/mol. The van der Waals surface area contributed by atoms with Crippen molar-refractivity contribution in [2.75, 3.05) is 30.5 Å². The maximum absolute atomic E-state index is 12.0. The minimum absolute atomic E-state index is 0.346. The van der Waals surface area contributed by atoms with Crippen molar-refractivity contribution in [2.24, 2.45) is 0 Å². The van der Waals surface area contributed by atoms with Crippen LogP contribution in [-0.2, 0) is 4.74 Å². The van der Waals surface area contributed by atoms with E-state index in [2.05, 4.69) is 31.9 Å². The molecule has 0 aliphatic carbocycles. The van der Waals surface area contributed by atoms with E-state index in [0.717, 1.165) is 49.2 Å². The van der Waals surface area contributed by atoms with Gasteiger partial charge in [0.15, 0.2) is 0 Å². The Morgan fingerprint density at radius 1 is 0.840 bits per heavy atom. The summed E-state index contributed by atoms with van der Waals surface area (Å²) in [6, 6.07) is 5.29. The van der Waals surface area contributed by atoms with Crippen LogP contribution in [0.15, 0.2) is 18.2 Å². The van der Waals surface area contributed by atoms with E-state index in [-0.39, 0.29) is 5.97 Å². The van der Waals surface area contributed by atoms with Crippen molar-refractivity contribution >= 4 is 37.8 Å². The molecular weight excluding hydrogens is 452 g/mol. The largest absolute Gasteiger partial charge is 0.493 e. The molecule has 0 unspecified atom stereocenters. The Balaban J connectivity index is 2.65. The monoisotopic (exact) mass is 478 g/mol. The van der Waals surface area contributed by atoms with Crippen LogP contribution >= 0.6 is 31.9 Å². The fourth-order valence-corrected chi connectivity index (χ4v) is 2.99. The van der Waals surface area contributed by atoms with Crippen molar-refractivity contribution in [1.82, 2.24) is 0 Å². The first-order chi connectivity index (χ1) is 12.2. The maximum atomic E-state index is 12.0. The van der Waals surface area contributed by atoms with Crippen LogP contribution in [0.4, 0.5) is 0 Å². The van der Waals surface area contributed by atoms with Crippen LogP contribution < -0.4 is 9.47 Å². The van der Waals surface area contributed by atoms with Gasteiger partial charge in [-0.05, 0) is 57.6 Å². The Labute approximate surface area is 167 Å². The third-order valence-electron chi connectivity index (χ3n) is 3.48. The predicted molar refractivity (Wildman–Crippen MR) is 109 cm³/mol. The molecule has 0 radical (unpaired) electrons. The Morgan fingerprint density at radius 2 is 1.36 bits per heavy atom. The highest BCUT2D eigenvalue weighted by Crippen LogP contribution is 2.24. The number of ether oxygens (including phenoxy) is 3. The van der Waals surface area contributed by atoms with E-state index < -0.39 is 0 Å². The molecule has 1 rings (SSSR count). The van der Waals surface area contributed by atoms with Gasteiger partial charge in [-0.25, -0.2) is 4.79 Å². The highest BCUT2D eigenvalue weighted by Gasteiger charge is 2.11. The molecule has 0 saturated carbocycles. The summed E-state index contributed by atoms with van der Waals surface area (Å²) in [5.74, 6) is 0.955. The second kappa shape index (κ2) is 14.4. The van der Waals surface area contributed by atoms with Gasteiger partial charge in [0.2, 0.25) is 0 Å².